The van der Waals surface area contributed by atoms with Crippen LogP contribution >= 0.6 is 24.2 Å². The maximum absolute atomic E-state index is 5.95. The zero-order valence-corrected chi connectivity index (χ0v) is 9.85. The van der Waals surface area contributed by atoms with Gasteiger partial charge in [0.25, 0.3) is 0 Å². The van der Waals surface area contributed by atoms with Crippen molar-refractivity contribution in [1.29, 1.82) is 0 Å². The Bertz CT molecular complexity index is 338. The third kappa shape index (κ3) is 2.08. The molecule has 0 saturated heterocycles. The second-order valence-electron chi connectivity index (χ2n) is 3.77. The Hall–Kier alpha value is -0.180. The van der Waals surface area contributed by atoms with Crippen molar-refractivity contribution in [1.82, 2.24) is 4.90 Å². The molecule has 0 fully saturated rings. The smallest absolute Gasteiger partial charge is 0.0502 e. The van der Waals surface area contributed by atoms with Crippen LogP contribution in [0.25, 0.3) is 0 Å². The van der Waals surface area contributed by atoms with Crippen molar-refractivity contribution in [2.75, 3.05) is 6.54 Å². The number of fused-ring (bicyclic) bond motifs is 1. The number of hydrogen-bond acceptors (Lipinski definition) is 2. The van der Waals surface area contributed by atoms with E-state index in [9.17, 15) is 0 Å². The lowest BCUT2D eigenvalue weighted by molar-refractivity contribution is 0.248. The summed E-state index contributed by atoms with van der Waals surface area (Å²) in [5.74, 6) is 0. The van der Waals surface area contributed by atoms with Crippen LogP contribution in [0.4, 0.5) is 0 Å². The maximum atomic E-state index is 5.95. The van der Waals surface area contributed by atoms with E-state index in [1.54, 1.807) is 0 Å². The highest BCUT2D eigenvalue weighted by molar-refractivity contribution is 7.80. The molecule has 3 heteroatoms. The molecule has 0 N–H and O–H groups in total. The number of hydrogen-bond donors (Lipinski definition) is 1. The minimum absolute atomic E-state index is 0.332. The van der Waals surface area contributed by atoms with E-state index in [0.717, 1.165) is 24.5 Å². The van der Waals surface area contributed by atoms with E-state index in [2.05, 4.69) is 36.6 Å². The lowest BCUT2D eigenvalue weighted by Crippen LogP contribution is -2.34. The molecule has 0 spiro atoms. The summed E-state index contributed by atoms with van der Waals surface area (Å²) in [5, 5.41) is 1.18. The quantitative estimate of drug-likeness (QED) is 0.722. The highest BCUT2D eigenvalue weighted by atomic mass is 35.5. The van der Waals surface area contributed by atoms with Crippen LogP contribution < -0.4 is 0 Å². The number of halogens is 1. The van der Waals surface area contributed by atoms with Crippen LogP contribution in [0.1, 0.15) is 18.1 Å². The van der Waals surface area contributed by atoms with E-state index in [1.165, 1.54) is 11.1 Å². The molecule has 76 valence electrons. The Morgan fingerprint density at radius 1 is 1.43 bits per heavy atom. The van der Waals surface area contributed by atoms with Gasteiger partial charge in [-0.15, -0.1) is 0 Å². The topological polar surface area (TPSA) is 3.24 Å². The lowest BCUT2D eigenvalue weighted by atomic mass is 10.00. The van der Waals surface area contributed by atoms with Gasteiger partial charge in [0.2, 0.25) is 0 Å². The highest BCUT2D eigenvalue weighted by Gasteiger charge is 2.18. The van der Waals surface area contributed by atoms with E-state index in [-0.39, 0.29) is 0 Å². The van der Waals surface area contributed by atoms with Crippen molar-refractivity contribution < 1.29 is 0 Å². The molecule has 1 aliphatic rings. The van der Waals surface area contributed by atoms with E-state index in [0.29, 0.717) is 5.37 Å². The molecular formula is C11H14ClNS. The standard InChI is InChI=1S/C11H14ClNS/c1-8(14)13-5-4-9-6-11(12)3-2-10(9)7-13/h2-3,6,8,14H,4-5,7H2,1H3. The molecule has 0 aromatic heterocycles. The van der Waals surface area contributed by atoms with E-state index in [1.807, 2.05) is 6.07 Å². The van der Waals surface area contributed by atoms with Gasteiger partial charge in [0.05, 0.1) is 5.37 Å². The van der Waals surface area contributed by atoms with Crippen molar-refractivity contribution in [3.63, 3.8) is 0 Å². The Balaban J connectivity index is 2.23. The lowest BCUT2D eigenvalue weighted by Gasteiger charge is -2.31. The van der Waals surface area contributed by atoms with Gasteiger partial charge in [0.15, 0.2) is 0 Å². The van der Waals surface area contributed by atoms with Crippen LogP contribution in [0.5, 0.6) is 0 Å². The molecule has 0 saturated carbocycles. The van der Waals surface area contributed by atoms with Gasteiger partial charge in [0.1, 0.15) is 0 Å². The molecular weight excluding hydrogens is 214 g/mol. The van der Waals surface area contributed by atoms with Gasteiger partial charge in [0, 0.05) is 18.1 Å². The molecule has 1 heterocycles. The normalized spacial score (nSPS) is 19.1. The second kappa shape index (κ2) is 4.13. The van der Waals surface area contributed by atoms with Crippen LogP contribution in [0.15, 0.2) is 18.2 Å². The molecule has 0 radical (unpaired) electrons. The van der Waals surface area contributed by atoms with Gasteiger partial charge in [-0.2, -0.15) is 12.6 Å². The van der Waals surface area contributed by atoms with E-state index >= 15 is 0 Å². The summed E-state index contributed by atoms with van der Waals surface area (Å²) in [6.07, 6.45) is 1.08. The zero-order valence-electron chi connectivity index (χ0n) is 8.20. The molecule has 1 aromatic rings. The van der Waals surface area contributed by atoms with Crippen LogP contribution in [0, 0.1) is 0 Å². The predicted octanol–water partition coefficient (Wildman–Crippen LogP) is 2.97. The number of rotatable bonds is 1. The first-order valence-corrected chi connectivity index (χ1v) is 5.75. The summed E-state index contributed by atoms with van der Waals surface area (Å²) >= 11 is 10.4. The average molecular weight is 228 g/mol. The monoisotopic (exact) mass is 227 g/mol. The first-order valence-electron chi connectivity index (χ1n) is 4.86. The summed E-state index contributed by atoms with van der Waals surface area (Å²) in [5.41, 5.74) is 2.78. The Morgan fingerprint density at radius 2 is 2.21 bits per heavy atom. The third-order valence-corrected chi connectivity index (χ3v) is 3.30. The van der Waals surface area contributed by atoms with Crippen molar-refractivity contribution in [3.8, 4) is 0 Å². The van der Waals surface area contributed by atoms with Gasteiger partial charge >= 0.3 is 0 Å². The summed E-state index contributed by atoms with van der Waals surface area (Å²) in [4.78, 5) is 2.36. The molecule has 1 atom stereocenters. The fraction of sp³-hybridized carbons (Fsp3) is 0.455. The number of nitrogens with zero attached hydrogens (tertiary/aromatic N) is 1. The molecule has 1 nitrogen and oxygen atoms in total. The molecule has 2 rings (SSSR count). The average Bonchev–Trinajstić information content (AvgIpc) is 2.16. The van der Waals surface area contributed by atoms with Gasteiger partial charge in [-0.1, -0.05) is 17.7 Å². The first kappa shape index (κ1) is 10.3. The second-order valence-corrected chi connectivity index (χ2v) is 4.95. The van der Waals surface area contributed by atoms with Gasteiger partial charge in [-0.3, -0.25) is 4.90 Å². The molecule has 1 aliphatic heterocycles. The van der Waals surface area contributed by atoms with Gasteiger partial charge in [-0.05, 0) is 36.6 Å². The van der Waals surface area contributed by atoms with Crippen LogP contribution in [-0.4, -0.2) is 16.8 Å². The van der Waals surface area contributed by atoms with Crippen molar-refractivity contribution in [3.05, 3.63) is 34.3 Å². The van der Waals surface area contributed by atoms with Crippen LogP contribution in [0.2, 0.25) is 5.02 Å². The largest absolute Gasteiger partial charge is 0.287 e. The predicted molar refractivity (Wildman–Crippen MR) is 64.0 cm³/mol. The van der Waals surface area contributed by atoms with Crippen LogP contribution in [-0.2, 0) is 13.0 Å². The fourth-order valence-electron chi connectivity index (χ4n) is 1.86. The fourth-order valence-corrected chi connectivity index (χ4v) is 2.25. The Morgan fingerprint density at radius 3 is 2.93 bits per heavy atom. The first-order chi connectivity index (χ1) is 6.66. The summed E-state index contributed by atoms with van der Waals surface area (Å²) in [7, 11) is 0. The maximum Gasteiger partial charge on any atom is 0.0502 e. The Kier molecular flexibility index (Phi) is 3.05. The minimum Gasteiger partial charge on any atom is -0.287 e. The molecule has 14 heavy (non-hydrogen) atoms. The SMILES string of the molecule is CC(S)N1CCc2cc(Cl)ccc2C1. The zero-order chi connectivity index (χ0) is 10.1. The number of benzene rings is 1. The summed E-state index contributed by atoms with van der Waals surface area (Å²) in [6.45, 7) is 4.19. The molecule has 0 bridgehead atoms. The number of thiol groups is 1. The van der Waals surface area contributed by atoms with E-state index in [4.69, 9.17) is 11.6 Å². The van der Waals surface area contributed by atoms with E-state index < -0.39 is 0 Å². The van der Waals surface area contributed by atoms with Gasteiger partial charge in [-0.25, -0.2) is 0 Å². The van der Waals surface area contributed by atoms with Crippen molar-refractivity contribution >= 4 is 24.2 Å². The highest BCUT2D eigenvalue weighted by Crippen LogP contribution is 2.24. The van der Waals surface area contributed by atoms with Crippen LogP contribution in [0.3, 0.4) is 0 Å². The van der Waals surface area contributed by atoms with Gasteiger partial charge < -0.3 is 0 Å². The summed E-state index contributed by atoms with van der Waals surface area (Å²) in [6, 6.07) is 6.17. The molecule has 0 amide bonds. The summed E-state index contributed by atoms with van der Waals surface area (Å²) < 4.78 is 0. The molecule has 1 unspecified atom stereocenters. The van der Waals surface area contributed by atoms with Crippen molar-refractivity contribution in [2.45, 2.75) is 25.3 Å². The third-order valence-electron chi connectivity index (χ3n) is 2.74. The molecule has 1 aromatic carbocycles. The molecule has 0 aliphatic carbocycles. The Labute approximate surface area is 95.5 Å². The van der Waals surface area contributed by atoms with Crippen molar-refractivity contribution in [2.24, 2.45) is 0 Å². The minimum atomic E-state index is 0.332.